The predicted molar refractivity (Wildman–Crippen MR) is 303 cm³/mol. The number of nitrogens with zero attached hydrogens (tertiary/aromatic N) is 4. The number of aromatic nitrogens is 1. The van der Waals surface area contributed by atoms with Crippen LogP contribution in [0.5, 0.6) is 0 Å². The van der Waals surface area contributed by atoms with Gasteiger partial charge in [0, 0.05) is 82.6 Å². The molecule has 450 valence electrons. The van der Waals surface area contributed by atoms with Crippen LogP contribution < -0.4 is 5.32 Å². The van der Waals surface area contributed by atoms with Crippen LogP contribution in [-0.2, 0) is 63.8 Å². The summed E-state index contributed by atoms with van der Waals surface area (Å²) >= 11 is 0. The second kappa shape index (κ2) is 31.1. The number of esters is 1. The third kappa shape index (κ3) is 18.5. The van der Waals surface area contributed by atoms with Gasteiger partial charge in [-0.3, -0.25) is 38.5 Å². The Morgan fingerprint density at radius 2 is 1.56 bits per heavy atom. The van der Waals surface area contributed by atoms with Crippen LogP contribution in [0.4, 0.5) is 4.79 Å². The molecule has 1 aromatic carbocycles. The number of Topliss-reactive ketones (excluding diaryl/α,β-unsaturated/α-hetero) is 2. The number of aromatic amines is 1. The van der Waals surface area contributed by atoms with Crippen molar-refractivity contribution in [3.8, 4) is 0 Å². The number of fused-ring (bicyclic) bond motifs is 1. The molecule has 2 aliphatic heterocycles. The highest BCUT2D eigenvalue weighted by atomic mass is 16.7. The van der Waals surface area contributed by atoms with Gasteiger partial charge < -0.3 is 44.2 Å². The average molecular weight is 1130 g/mol. The number of H-pyrrole nitrogens is 1. The number of likely N-dealkylation sites (tertiary alicyclic amines) is 1. The number of hydrogen-bond donors (Lipinski definition) is 3. The van der Waals surface area contributed by atoms with Crippen molar-refractivity contribution in [3.05, 3.63) is 36.0 Å². The zero-order valence-corrected chi connectivity index (χ0v) is 50.5. The van der Waals surface area contributed by atoms with E-state index < -0.39 is 83.9 Å². The fourth-order valence-electron chi connectivity index (χ4n) is 11.7. The van der Waals surface area contributed by atoms with Crippen molar-refractivity contribution < 1.29 is 67.2 Å². The first-order valence-electron chi connectivity index (χ1n) is 28.9. The Bertz CT molecular complexity index is 2380. The maximum Gasteiger partial charge on any atom is 0.408 e. The molecular formula is C60H96N6O14. The Labute approximate surface area is 474 Å². The summed E-state index contributed by atoms with van der Waals surface area (Å²) in [5, 5.41) is 14.4. The second-order valence-corrected chi connectivity index (χ2v) is 24.0. The van der Waals surface area contributed by atoms with Crippen molar-refractivity contribution in [3.63, 3.8) is 0 Å². The van der Waals surface area contributed by atoms with Gasteiger partial charge in [0.1, 0.15) is 17.5 Å². The number of para-hydroxylation sites is 1. The Morgan fingerprint density at radius 1 is 0.875 bits per heavy atom. The highest BCUT2D eigenvalue weighted by molar-refractivity contribution is 5.91. The first-order chi connectivity index (χ1) is 37.6. The van der Waals surface area contributed by atoms with E-state index in [9.17, 15) is 43.5 Å². The Balaban J connectivity index is 1.43. The van der Waals surface area contributed by atoms with Gasteiger partial charge in [0.25, 0.3) is 0 Å². The number of likely N-dealkylation sites (N-methyl/N-ethyl adjacent to an activating group) is 2. The number of ether oxygens (including phenoxy) is 4. The van der Waals surface area contributed by atoms with Crippen LogP contribution in [0.2, 0.25) is 0 Å². The van der Waals surface area contributed by atoms with Gasteiger partial charge in [-0.15, -0.1) is 0 Å². The first-order valence-corrected chi connectivity index (χ1v) is 28.9. The summed E-state index contributed by atoms with van der Waals surface area (Å²) in [5.41, 5.74) is 1.01. The van der Waals surface area contributed by atoms with E-state index in [1.54, 1.807) is 51.8 Å². The number of carboxylic acids is 1. The van der Waals surface area contributed by atoms with Crippen molar-refractivity contribution in [2.75, 3.05) is 54.6 Å². The number of amides is 4. The van der Waals surface area contributed by atoms with Crippen LogP contribution >= 0.6 is 0 Å². The lowest BCUT2D eigenvalue weighted by molar-refractivity contribution is -0.201. The number of rotatable bonds is 31. The fraction of sp³-hybridized carbons (Fsp3) is 0.733. The largest absolute Gasteiger partial charge is 0.480 e. The van der Waals surface area contributed by atoms with Crippen LogP contribution in [0.3, 0.4) is 0 Å². The molecule has 2 aliphatic rings. The smallest absolute Gasteiger partial charge is 0.408 e. The first kappa shape index (κ1) is 67.1. The summed E-state index contributed by atoms with van der Waals surface area (Å²) in [5.74, 6) is -5.54. The van der Waals surface area contributed by atoms with Gasteiger partial charge in [-0.25, -0.2) is 14.7 Å². The SMILES string of the molecule is CC[C@H](C)[C@@H]([C@@H](CC(=O)N1CCC[C@H]1[C@H](OC)[C@@H](C)C(=O)C[C@@H](Cc1c[nH]c2ccccc12)C(=O)N1CCCCO1)OC)N(C)C(=O)[C@@H](CC(=O)[C@H](C(C)C)N(C)CCCC(=O)O[C@H](C)[C@H](NC(=O)OC(C)(C)C)C(=O)O)C(C)C. The Kier molecular flexibility index (Phi) is 26.1. The van der Waals surface area contributed by atoms with Gasteiger partial charge in [0.05, 0.1) is 49.3 Å². The molecule has 2 aromatic rings. The number of hydroxylamine groups is 2. The quantitative estimate of drug-likeness (QED) is 0.0615. The fourth-order valence-corrected chi connectivity index (χ4v) is 11.7. The minimum absolute atomic E-state index is 0.0305. The Hall–Kier alpha value is -5.44. The lowest BCUT2D eigenvalue weighted by atomic mass is 9.83. The molecular weight excluding hydrogens is 1030 g/mol. The molecule has 20 heteroatoms. The summed E-state index contributed by atoms with van der Waals surface area (Å²) in [6.45, 7) is 21.5. The summed E-state index contributed by atoms with van der Waals surface area (Å²) < 4.78 is 22.8. The van der Waals surface area contributed by atoms with Crippen molar-refractivity contribution in [1.29, 1.82) is 0 Å². The summed E-state index contributed by atoms with van der Waals surface area (Å²) in [7, 11) is 6.60. The molecule has 0 radical (unpaired) electrons. The van der Waals surface area contributed by atoms with E-state index in [-0.39, 0.29) is 79.1 Å². The number of carbonyl (C=O) groups excluding carboxylic acids is 7. The monoisotopic (exact) mass is 1120 g/mol. The molecule has 4 amide bonds. The van der Waals surface area contributed by atoms with Gasteiger partial charge in [0.2, 0.25) is 17.7 Å². The second-order valence-electron chi connectivity index (χ2n) is 24.0. The van der Waals surface area contributed by atoms with E-state index >= 15 is 0 Å². The van der Waals surface area contributed by atoms with Crippen molar-refractivity contribution in [1.82, 2.24) is 30.1 Å². The van der Waals surface area contributed by atoms with Crippen LogP contribution in [0.15, 0.2) is 30.5 Å². The molecule has 3 N–H and O–H groups in total. The van der Waals surface area contributed by atoms with Gasteiger partial charge in [-0.1, -0.05) is 73.1 Å². The predicted octanol–water partition coefficient (Wildman–Crippen LogP) is 7.64. The molecule has 0 bridgehead atoms. The van der Waals surface area contributed by atoms with Crippen LogP contribution in [0.25, 0.3) is 10.9 Å². The molecule has 3 heterocycles. The molecule has 0 unspecified atom stereocenters. The zero-order chi connectivity index (χ0) is 59.8. The number of aliphatic carboxylic acids is 1. The van der Waals surface area contributed by atoms with Gasteiger partial charge in [0.15, 0.2) is 11.8 Å². The lowest BCUT2D eigenvalue weighted by Crippen LogP contribution is -2.54. The van der Waals surface area contributed by atoms with Crippen LogP contribution in [0.1, 0.15) is 146 Å². The topological polar surface area (TPSA) is 244 Å². The number of benzene rings is 1. The van der Waals surface area contributed by atoms with Crippen molar-refractivity contribution in [2.24, 2.45) is 35.5 Å². The number of hydrogen-bond acceptors (Lipinski definition) is 14. The molecule has 0 aliphatic carbocycles. The molecule has 2 saturated heterocycles. The standard InChI is InChI=1S/C60H96N6O14/c1-16-38(6)54(64(13)57(72)44(36(2)3)33-48(68)53(37(4)5)63(12)27-22-26-51(70)79-40(8)52(58(73)74)62-59(75)80-60(9,10)11)49(76-14)34-50(69)65-28-21-25-46(65)55(77-15)39(7)47(67)32-41(56(71)66-29-19-20-30-78-66)31-42-35-61-45-24-18-17-23-43(42)45/h17-18,23-24,35-41,44,46,49,52-55,61H,16,19-22,25-34H2,1-15H3,(H,62,75)(H,73,74)/t38-,39-,40+,41+,44-,46-,49+,52-,53-,54-,55+/m0/s1. The summed E-state index contributed by atoms with van der Waals surface area (Å²) in [4.78, 5) is 124. The third-order valence-electron chi connectivity index (χ3n) is 16.1. The minimum atomic E-state index is -1.54. The number of carboxylic acid groups (broad SMARTS) is 1. The number of nitrogens with one attached hydrogen (secondary N) is 2. The van der Waals surface area contributed by atoms with E-state index in [0.29, 0.717) is 51.9 Å². The number of ketones is 2. The molecule has 4 rings (SSSR count). The molecule has 20 nitrogen and oxygen atoms in total. The molecule has 2 fully saturated rings. The Morgan fingerprint density at radius 3 is 2.15 bits per heavy atom. The molecule has 0 saturated carbocycles. The lowest BCUT2D eigenvalue weighted by Gasteiger charge is -2.41. The average Bonchev–Trinajstić information content (AvgIpc) is 4.07. The highest BCUT2D eigenvalue weighted by Gasteiger charge is 2.44. The summed E-state index contributed by atoms with van der Waals surface area (Å²) in [6.07, 6.45) is 2.43. The van der Waals surface area contributed by atoms with Gasteiger partial charge in [-0.05, 0) is 109 Å². The number of carbonyl (C=O) groups is 8. The molecule has 11 atom stereocenters. The molecule has 80 heavy (non-hydrogen) atoms. The maximum atomic E-state index is 14.8. The van der Waals surface area contributed by atoms with Crippen LogP contribution in [0, 0.1) is 35.5 Å². The van der Waals surface area contributed by atoms with E-state index in [4.69, 9.17) is 23.8 Å². The normalized spacial score (nSPS) is 18.9. The minimum Gasteiger partial charge on any atom is -0.480 e. The highest BCUT2D eigenvalue weighted by Crippen LogP contribution is 2.33. The van der Waals surface area contributed by atoms with E-state index in [1.807, 2.05) is 83.8 Å². The van der Waals surface area contributed by atoms with Gasteiger partial charge >= 0.3 is 18.0 Å². The van der Waals surface area contributed by atoms with E-state index in [1.165, 1.54) is 19.1 Å². The van der Waals surface area contributed by atoms with E-state index in [0.717, 1.165) is 29.3 Å². The summed E-state index contributed by atoms with van der Waals surface area (Å²) in [6, 6.07) is 4.76. The van der Waals surface area contributed by atoms with Crippen LogP contribution in [-0.4, -0.2) is 180 Å². The van der Waals surface area contributed by atoms with E-state index in [2.05, 4.69) is 10.3 Å². The number of methoxy groups -OCH3 is 2. The molecule has 0 spiro atoms. The molecule has 1 aromatic heterocycles. The third-order valence-corrected chi connectivity index (χ3v) is 16.1. The van der Waals surface area contributed by atoms with Crippen molar-refractivity contribution >= 4 is 58.2 Å². The zero-order valence-electron chi connectivity index (χ0n) is 50.5. The maximum absolute atomic E-state index is 14.8. The van der Waals surface area contributed by atoms with Gasteiger partial charge in [-0.2, -0.15) is 0 Å². The number of alkyl carbamates (subject to hydrolysis) is 1. The van der Waals surface area contributed by atoms with Crippen molar-refractivity contribution in [2.45, 2.75) is 195 Å².